The molecule has 0 aliphatic carbocycles. The van der Waals surface area contributed by atoms with Crippen molar-refractivity contribution >= 4 is 29.7 Å². The van der Waals surface area contributed by atoms with Gasteiger partial charge in [0.1, 0.15) is 11.7 Å². The molecule has 2 aromatic rings. The minimum Gasteiger partial charge on any atom is -0.444 e. The van der Waals surface area contributed by atoms with Crippen LogP contribution >= 0.6 is 0 Å². The average molecular weight is 571 g/mol. The molecule has 2 amide bonds. The third-order valence-corrected chi connectivity index (χ3v) is 8.32. The van der Waals surface area contributed by atoms with Gasteiger partial charge in [0, 0.05) is 30.3 Å². The van der Waals surface area contributed by atoms with E-state index in [1.807, 2.05) is 31.9 Å². The van der Waals surface area contributed by atoms with Crippen LogP contribution in [-0.2, 0) is 14.2 Å². The molecule has 2 bridgehead atoms. The number of piperidine rings is 1. The number of nitrogens with zero attached hydrogens (tertiary/aromatic N) is 6. The molecular weight excluding hydrogens is 528 g/mol. The second kappa shape index (κ2) is 10.8. The van der Waals surface area contributed by atoms with Crippen molar-refractivity contribution < 1.29 is 23.8 Å². The summed E-state index contributed by atoms with van der Waals surface area (Å²) in [6, 6.07) is 0.508. The standard InChI is InChI=1S/C28H42N8O5/c1-16(2)22-12-29-36-23(22)32-24(30-17-8-9-39-15-17)33-25(36)31-18-10-19-6-7-20(11-18)35(19)27(38)40-21-13-34(14-21)26(37)41-28(3,4)5/h12,16-21H,6-11,13-15H2,1-5H3,(H2,30,31,32,33). The van der Waals surface area contributed by atoms with Gasteiger partial charge in [-0.1, -0.05) is 13.8 Å². The molecule has 3 unspecified atom stereocenters. The Morgan fingerprint density at radius 3 is 2.39 bits per heavy atom. The topological polar surface area (TPSA) is 135 Å². The Balaban J connectivity index is 1.09. The van der Waals surface area contributed by atoms with Crippen LogP contribution in [0.25, 0.3) is 5.65 Å². The van der Waals surface area contributed by atoms with Gasteiger partial charge in [-0.25, -0.2) is 9.59 Å². The summed E-state index contributed by atoms with van der Waals surface area (Å²) in [5.41, 5.74) is 1.31. The van der Waals surface area contributed by atoms with Crippen LogP contribution in [0.2, 0.25) is 0 Å². The lowest BCUT2D eigenvalue weighted by molar-refractivity contribution is -0.0485. The maximum absolute atomic E-state index is 13.2. The van der Waals surface area contributed by atoms with E-state index in [2.05, 4.69) is 29.6 Å². The summed E-state index contributed by atoms with van der Waals surface area (Å²) in [7, 11) is 0. The molecule has 4 aliphatic rings. The van der Waals surface area contributed by atoms with Gasteiger partial charge in [0.2, 0.25) is 11.9 Å². The number of ether oxygens (including phenoxy) is 3. The lowest BCUT2D eigenvalue weighted by Gasteiger charge is -2.42. The summed E-state index contributed by atoms with van der Waals surface area (Å²) in [4.78, 5) is 38.5. The molecule has 4 aliphatic heterocycles. The first kappa shape index (κ1) is 27.8. The van der Waals surface area contributed by atoms with Crippen LogP contribution in [0.3, 0.4) is 0 Å². The molecule has 2 aromatic heterocycles. The number of carbonyl (C=O) groups excluding carboxylic acids is 2. The second-order valence-electron chi connectivity index (χ2n) is 13.1. The molecule has 6 heterocycles. The van der Waals surface area contributed by atoms with Crippen molar-refractivity contribution in [3.8, 4) is 0 Å². The van der Waals surface area contributed by atoms with Crippen molar-refractivity contribution in [3.05, 3.63) is 11.8 Å². The number of rotatable bonds is 6. The summed E-state index contributed by atoms with van der Waals surface area (Å²) >= 11 is 0. The molecule has 0 radical (unpaired) electrons. The summed E-state index contributed by atoms with van der Waals surface area (Å²) in [6.45, 7) is 11.9. The SMILES string of the molecule is CC(C)c1cnn2c(NC3CC4CCC(C3)N4C(=O)OC3CN(C(=O)OC(C)(C)C)C3)nc(NC3CCOC3)nc12. The molecule has 13 nitrogen and oxygen atoms in total. The van der Waals surface area contributed by atoms with Crippen molar-refractivity contribution in [1.29, 1.82) is 0 Å². The van der Waals surface area contributed by atoms with E-state index < -0.39 is 5.60 Å². The van der Waals surface area contributed by atoms with Crippen LogP contribution in [0.1, 0.15) is 78.2 Å². The van der Waals surface area contributed by atoms with E-state index in [1.165, 1.54) is 0 Å². The highest BCUT2D eigenvalue weighted by atomic mass is 16.6. The van der Waals surface area contributed by atoms with E-state index in [9.17, 15) is 9.59 Å². The minimum absolute atomic E-state index is 0.0928. The largest absolute Gasteiger partial charge is 0.444 e. The lowest BCUT2D eigenvalue weighted by Crippen LogP contribution is -2.58. The van der Waals surface area contributed by atoms with Crippen LogP contribution in [0, 0.1) is 0 Å². The van der Waals surface area contributed by atoms with Crippen molar-refractivity contribution in [2.24, 2.45) is 0 Å². The zero-order valence-electron chi connectivity index (χ0n) is 24.6. The van der Waals surface area contributed by atoms with E-state index in [1.54, 1.807) is 9.42 Å². The van der Waals surface area contributed by atoms with E-state index in [0.29, 0.717) is 31.6 Å². The highest BCUT2D eigenvalue weighted by Crippen LogP contribution is 2.38. The number of amides is 2. The van der Waals surface area contributed by atoms with Gasteiger partial charge in [-0.05, 0) is 58.8 Å². The Morgan fingerprint density at radius 2 is 1.76 bits per heavy atom. The molecule has 224 valence electrons. The van der Waals surface area contributed by atoms with Gasteiger partial charge in [0.05, 0.1) is 31.9 Å². The fraction of sp³-hybridized carbons (Fsp3) is 0.750. The van der Waals surface area contributed by atoms with Gasteiger partial charge < -0.3 is 34.6 Å². The van der Waals surface area contributed by atoms with Crippen molar-refractivity contribution in [2.45, 2.75) is 109 Å². The molecule has 4 saturated heterocycles. The van der Waals surface area contributed by atoms with Gasteiger partial charge in [0.25, 0.3) is 0 Å². The fourth-order valence-electron chi connectivity index (χ4n) is 6.26. The Hall–Kier alpha value is -3.35. The van der Waals surface area contributed by atoms with Crippen molar-refractivity contribution in [1.82, 2.24) is 29.4 Å². The Labute approximate surface area is 240 Å². The van der Waals surface area contributed by atoms with Crippen LogP contribution in [0.5, 0.6) is 0 Å². The molecule has 0 aromatic carbocycles. The second-order valence-corrected chi connectivity index (χ2v) is 13.1. The lowest BCUT2D eigenvalue weighted by atomic mass is 9.98. The third kappa shape index (κ3) is 5.86. The first-order chi connectivity index (χ1) is 19.5. The molecule has 6 rings (SSSR count). The van der Waals surface area contributed by atoms with Crippen LogP contribution in [-0.4, -0.2) is 104 Å². The van der Waals surface area contributed by atoms with Gasteiger partial charge in [-0.3, -0.25) is 0 Å². The van der Waals surface area contributed by atoms with Gasteiger partial charge in [-0.2, -0.15) is 19.6 Å². The summed E-state index contributed by atoms with van der Waals surface area (Å²) < 4.78 is 18.5. The smallest absolute Gasteiger partial charge is 0.410 e. The Morgan fingerprint density at radius 1 is 1.02 bits per heavy atom. The highest BCUT2D eigenvalue weighted by molar-refractivity contribution is 5.71. The maximum Gasteiger partial charge on any atom is 0.410 e. The van der Waals surface area contributed by atoms with E-state index >= 15 is 0 Å². The van der Waals surface area contributed by atoms with Gasteiger partial charge >= 0.3 is 12.2 Å². The van der Waals surface area contributed by atoms with Crippen LogP contribution in [0.4, 0.5) is 21.5 Å². The first-order valence-electron chi connectivity index (χ1n) is 14.9. The number of hydrogen-bond acceptors (Lipinski definition) is 10. The van der Waals surface area contributed by atoms with E-state index in [-0.39, 0.29) is 48.4 Å². The van der Waals surface area contributed by atoms with E-state index in [4.69, 9.17) is 24.2 Å². The molecule has 0 saturated carbocycles. The molecule has 41 heavy (non-hydrogen) atoms. The highest BCUT2D eigenvalue weighted by Gasteiger charge is 2.46. The van der Waals surface area contributed by atoms with Crippen LogP contribution in [0.15, 0.2) is 6.20 Å². The molecule has 3 atom stereocenters. The number of likely N-dealkylation sites (tertiary alicyclic amines) is 1. The zero-order chi connectivity index (χ0) is 28.9. The number of hydrogen-bond donors (Lipinski definition) is 2. The summed E-state index contributed by atoms with van der Waals surface area (Å²) in [5.74, 6) is 1.50. The summed E-state index contributed by atoms with van der Waals surface area (Å²) in [6.07, 6.45) is 5.31. The molecule has 13 heteroatoms. The molecule has 4 fully saturated rings. The fourth-order valence-corrected chi connectivity index (χ4v) is 6.26. The minimum atomic E-state index is -0.550. The quantitative estimate of drug-likeness (QED) is 0.530. The maximum atomic E-state index is 13.2. The average Bonchev–Trinajstić information content (AvgIpc) is 3.58. The predicted octanol–water partition coefficient (Wildman–Crippen LogP) is 3.61. The molecule has 2 N–H and O–H groups in total. The summed E-state index contributed by atoms with van der Waals surface area (Å²) in [5, 5.41) is 11.7. The van der Waals surface area contributed by atoms with E-state index in [0.717, 1.165) is 49.9 Å². The Bertz CT molecular complexity index is 1270. The first-order valence-corrected chi connectivity index (χ1v) is 14.9. The Kier molecular flexibility index (Phi) is 7.33. The number of anilines is 2. The zero-order valence-corrected chi connectivity index (χ0v) is 24.6. The van der Waals surface area contributed by atoms with Gasteiger partial charge in [-0.15, -0.1) is 0 Å². The number of fused-ring (bicyclic) bond motifs is 3. The number of nitrogens with one attached hydrogen (secondary N) is 2. The van der Waals surface area contributed by atoms with Crippen LogP contribution < -0.4 is 10.6 Å². The van der Waals surface area contributed by atoms with Gasteiger partial charge in [0.15, 0.2) is 5.65 Å². The van der Waals surface area contributed by atoms with Crippen molar-refractivity contribution in [3.63, 3.8) is 0 Å². The number of aromatic nitrogens is 4. The van der Waals surface area contributed by atoms with Crippen molar-refractivity contribution in [2.75, 3.05) is 36.9 Å². The molecule has 0 spiro atoms. The molecular formula is C28H42N8O5. The third-order valence-electron chi connectivity index (χ3n) is 8.32. The predicted molar refractivity (Wildman–Crippen MR) is 151 cm³/mol. The monoisotopic (exact) mass is 570 g/mol. The number of carbonyl (C=O) groups is 2. The normalized spacial score (nSPS) is 26.4.